The van der Waals surface area contributed by atoms with Gasteiger partial charge < -0.3 is 10.3 Å². The van der Waals surface area contributed by atoms with Gasteiger partial charge in [-0.1, -0.05) is 0 Å². The number of H-pyrrole nitrogens is 1. The topological polar surface area (TPSA) is 58.5 Å². The van der Waals surface area contributed by atoms with E-state index in [1.165, 1.54) is 5.56 Å². The van der Waals surface area contributed by atoms with Crippen molar-refractivity contribution in [3.8, 4) is 0 Å². The monoisotopic (exact) mass is 219 g/mol. The third-order valence-corrected chi connectivity index (χ3v) is 2.52. The van der Waals surface area contributed by atoms with Gasteiger partial charge in [-0.3, -0.25) is 4.68 Å². The smallest absolute Gasteiger partial charge is 0.107 e. The van der Waals surface area contributed by atoms with Crippen LogP contribution in [0.5, 0.6) is 0 Å². The maximum absolute atomic E-state index is 4.30. The van der Waals surface area contributed by atoms with E-state index in [0.29, 0.717) is 0 Å². The predicted octanol–water partition coefficient (Wildman–Crippen LogP) is 0.784. The average Bonchev–Trinajstić information content (AvgIpc) is 2.84. The van der Waals surface area contributed by atoms with E-state index in [-0.39, 0.29) is 0 Å². The van der Waals surface area contributed by atoms with Crippen molar-refractivity contribution in [1.29, 1.82) is 0 Å². The summed E-state index contributed by atoms with van der Waals surface area (Å²) in [6, 6.07) is 0. The Morgan fingerprint density at radius 2 is 2.38 bits per heavy atom. The van der Waals surface area contributed by atoms with Gasteiger partial charge in [0.1, 0.15) is 5.82 Å². The SMILES string of the molecule is Cc1nn(C)cc1CNCCc1ncc[nH]1. The molecule has 0 aliphatic heterocycles. The standard InChI is InChI=1S/C11H17N5/c1-9-10(8-16(2)15-9)7-12-4-3-11-13-5-6-14-11/h5-6,8,12H,3-4,7H2,1-2H3,(H,13,14). The fourth-order valence-electron chi connectivity index (χ4n) is 1.69. The highest BCUT2D eigenvalue weighted by atomic mass is 15.2. The molecule has 2 rings (SSSR count). The van der Waals surface area contributed by atoms with Crippen LogP contribution < -0.4 is 5.32 Å². The number of nitrogens with zero attached hydrogens (tertiary/aromatic N) is 3. The molecular weight excluding hydrogens is 202 g/mol. The van der Waals surface area contributed by atoms with E-state index in [9.17, 15) is 0 Å². The van der Waals surface area contributed by atoms with Crippen molar-refractivity contribution in [2.75, 3.05) is 6.54 Å². The molecule has 2 heterocycles. The molecule has 0 atom stereocenters. The highest BCUT2D eigenvalue weighted by Gasteiger charge is 2.02. The second kappa shape index (κ2) is 4.94. The van der Waals surface area contributed by atoms with E-state index < -0.39 is 0 Å². The summed E-state index contributed by atoms with van der Waals surface area (Å²) in [5.41, 5.74) is 2.34. The molecule has 16 heavy (non-hydrogen) atoms. The van der Waals surface area contributed by atoms with E-state index in [1.54, 1.807) is 6.20 Å². The van der Waals surface area contributed by atoms with Crippen LogP contribution in [-0.4, -0.2) is 26.3 Å². The van der Waals surface area contributed by atoms with E-state index in [4.69, 9.17) is 0 Å². The van der Waals surface area contributed by atoms with Crippen LogP contribution in [0.15, 0.2) is 18.6 Å². The van der Waals surface area contributed by atoms with Gasteiger partial charge in [0.15, 0.2) is 0 Å². The van der Waals surface area contributed by atoms with Gasteiger partial charge in [-0.2, -0.15) is 5.10 Å². The van der Waals surface area contributed by atoms with Gasteiger partial charge in [0.25, 0.3) is 0 Å². The third-order valence-electron chi connectivity index (χ3n) is 2.52. The van der Waals surface area contributed by atoms with Gasteiger partial charge in [-0.05, 0) is 6.92 Å². The van der Waals surface area contributed by atoms with E-state index >= 15 is 0 Å². The second-order valence-corrected chi connectivity index (χ2v) is 3.88. The molecule has 0 bridgehead atoms. The van der Waals surface area contributed by atoms with Crippen molar-refractivity contribution in [3.05, 3.63) is 35.7 Å². The van der Waals surface area contributed by atoms with Crippen molar-refractivity contribution in [2.45, 2.75) is 19.9 Å². The van der Waals surface area contributed by atoms with Crippen molar-refractivity contribution >= 4 is 0 Å². The lowest BCUT2D eigenvalue weighted by Gasteiger charge is -2.01. The van der Waals surface area contributed by atoms with Crippen LogP contribution >= 0.6 is 0 Å². The lowest BCUT2D eigenvalue weighted by Crippen LogP contribution is -2.17. The molecule has 0 spiro atoms. The van der Waals surface area contributed by atoms with Gasteiger partial charge in [0.2, 0.25) is 0 Å². The first-order valence-electron chi connectivity index (χ1n) is 5.44. The summed E-state index contributed by atoms with van der Waals surface area (Å²) < 4.78 is 1.85. The minimum atomic E-state index is 0.861. The third kappa shape index (κ3) is 2.70. The highest BCUT2D eigenvalue weighted by Crippen LogP contribution is 2.03. The second-order valence-electron chi connectivity index (χ2n) is 3.88. The first-order chi connectivity index (χ1) is 7.75. The van der Waals surface area contributed by atoms with Crippen molar-refractivity contribution in [3.63, 3.8) is 0 Å². The number of nitrogens with one attached hydrogen (secondary N) is 2. The summed E-state index contributed by atoms with van der Waals surface area (Å²) in [5.74, 6) is 1.02. The van der Waals surface area contributed by atoms with Crippen LogP contribution in [0.3, 0.4) is 0 Å². The number of aromatic nitrogens is 4. The molecule has 86 valence electrons. The molecule has 2 aromatic heterocycles. The summed E-state index contributed by atoms with van der Waals surface area (Å²) in [5, 5.41) is 7.68. The molecule has 0 saturated carbocycles. The van der Waals surface area contributed by atoms with Gasteiger partial charge >= 0.3 is 0 Å². The lowest BCUT2D eigenvalue weighted by atomic mass is 10.2. The van der Waals surface area contributed by atoms with Gasteiger partial charge in [0.05, 0.1) is 5.69 Å². The Hall–Kier alpha value is -1.62. The summed E-state index contributed by atoms with van der Waals surface area (Å²) in [4.78, 5) is 7.25. The average molecular weight is 219 g/mol. The largest absolute Gasteiger partial charge is 0.349 e. The molecule has 5 nitrogen and oxygen atoms in total. The van der Waals surface area contributed by atoms with Crippen LogP contribution in [0.2, 0.25) is 0 Å². The normalized spacial score (nSPS) is 10.9. The quantitative estimate of drug-likeness (QED) is 0.731. The van der Waals surface area contributed by atoms with Gasteiger partial charge in [-0.15, -0.1) is 0 Å². The zero-order valence-electron chi connectivity index (χ0n) is 9.70. The van der Waals surface area contributed by atoms with Crippen LogP contribution in [0, 0.1) is 6.92 Å². The fraction of sp³-hybridized carbons (Fsp3) is 0.455. The van der Waals surface area contributed by atoms with E-state index in [1.807, 2.05) is 24.9 Å². The molecule has 2 N–H and O–H groups in total. The minimum absolute atomic E-state index is 0.861. The Morgan fingerprint density at radius 3 is 3.00 bits per heavy atom. The summed E-state index contributed by atoms with van der Waals surface area (Å²) in [6.07, 6.45) is 6.60. The molecule has 0 aliphatic rings. The van der Waals surface area contributed by atoms with Crippen LogP contribution in [-0.2, 0) is 20.0 Å². The number of hydrogen-bond acceptors (Lipinski definition) is 3. The Labute approximate surface area is 94.9 Å². The minimum Gasteiger partial charge on any atom is -0.349 e. The predicted molar refractivity (Wildman–Crippen MR) is 61.9 cm³/mol. The number of rotatable bonds is 5. The van der Waals surface area contributed by atoms with Crippen molar-refractivity contribution in [2.24, 2.45) is 7.05 Å². The van der Waals surface area contributed by atoms with Gasteiger partial charge in [-0.25, -0.2) is 4.98 Å². The van der Waals surface area contributed by atoms with Crippen LogP contribution in [0.25, 0.3) is 0 Å². The van der Waals surface area contributed by atoms with Crippen molar-refractivity contribution < 1.29 is 0 Å². The Morgan fingerprint density at radius 1 is 1.50 bits per heavy atom. The molecule has 0 aromatic carbocycles. The molecule has 0 radical (unpaired) electrons. The molecule has 0 fully saturated rings. The van der Waals surface area contributed by atoms with Crippen molar-refractivity contribution in [1.82, 2.24) is 25.1 Å². The van der Waals surface area contributed by atoms with Gasteiger partial charge in [0, 0.05) is 50.7 Å². The Balaban J connectivity index is 1.74. The number of hydrogen-bond donors (Lipinski definition) is 2. The summed E-state index contributed by atoms with van der Waals surface area (Å²) in [6.45, 7) is 3.81. The van der Waals surface area contributed by atoms with Crippen LogP contribution in [0.4, 0.5) is 0 Å². The fourth-order valence-corrected chi connectivity index (χ4v) is 1.69. The first kappa shape index (κ1) is 10.9. The molecule has 5 heteroatoms. The van der Waals surface area contributed by atoms with E-state index in [2.05, 4.69) is 26.6 Å². The molecule has 0 aliphatic carbocycles. The maximum Gasteiger partial charge on any atom is 0.107 e. The zero-order chi connectivity index (χ0) is 11.4. The lowest BCUT2D eigenvalue weighted by molar-refractivity contribution is 0.671. The molecule has 0 unspecified atom stereocenters. The van der Waals surface area contributed by atoms with E-state index in [0.717, 1.165) is 31.0 Å². The molecular formula is C11H17N5. The summed E-state index contributed by atoms with van der Waals surface area (Å²) >= 11 is 0. The highest BCUT2D eigenvalue weighted by molar-refractivity contribution is 5.14. The van der Waals surface area contributed by atoms with Crippen LogP contribution in [0.1, 0.15) is 17.1 Å². The maximum atomic E-state index is 4.30. The first-order valence-corrected chi connectivity index (χ1v) is 5.44. The number of aromatic amines is 1. The summed E-state index contributed by atoms with van der Waals surface area (Å²) in [7, 11) is 1.94. The zero-order valence-corrected chi connectivity index (χ0v) is 9.70. The number of aryl methyl sites for hydroxylation is 2. The molecule has 2 aromatic rings. The Kier molecular flexibility index (Phi) is 3.36. The number of imidazole rings is 1. The molecule has 0 amide bonds. The molecule has 0 saturated heterocycles. The Bertz CT molecular complexity index is 429.